The van der Waals surface area contributed by atoms with Gasteiger partial charge in [0.1, 0.15) is 0 Å². The SMILES string of the molecule is CC1(C)CCC(C(c2ccccc2)(c2ccccc2)c2ccccc2)CC1. The van der Waals surface area contributed by atoms with E-state index >= 15 is 0 Å². The Balaban J connectivity index is 1.95. The van der Waals surface area contributed by atoms with Gasteiger partial charge in [-0.25, -0.2) is 0 Å². The van der Waals surface area contributed by atoms with Gasteiger partial charge in [-0.1, -0.05) is 105 Å². The van der Waals surface area contributed by atoms with Crippen molar-refractivity contribution in [2.24, 2.45) is 11.3 Å². The summed E-state index contributed by atoms with van der Waals surface area (Å²) in [6, 6.07) is 33.6. The van der Waals surface area contributed by atoms with Crippen molar-refractivity contribution in [2.45, 2.75) is 44.9 Å². The largest absolute Gasteiger partial charge is 0.0622 e. The van der Waals surface area contributed by atoms with Crippen molar-refractivity contribution in [1.82, 2.24) is 0 Å². The molecule has 0 heterocycles. The second-order valence-corrected chi connectivity index (χ2v) is 8.84. The summed E-state index contributed by atoms with van der Waals surface area (Å²) in [7, 11) is 0. The first-order valence-corrected chi connectivity index (χ1v) is 10.3. The Morgan fingerprint density at radius 3 is 1.26 bits per heavy atom. The molecule has 4 rings (SSSR count). The Labute approximate surface area is 164 Å². The summed E-state index contributed by atoms with van der Waals surface area (Å²) in [5.41, 5.74) is 4.65. The Hall–Kier alpha value is -2.34. The van der Waals surface area contributed by atoms with Gasteiger partial charge in [-0.05, 0) is 53.7 Å². The number of hydrogen-bond donors (Lipinski definition) is 0. The fraction of sp³-hybridized carbons (Fsp3) is 0.333. The summed E-state index contributed by atoms with van der Waals surface area (Å²) in [4.78, 5) is 0. The first-order chi connectivity index (χ1) is 13.1. The highest BCUT2D eigenvalue weighted by Crippen LogP contribution is 2.52. The predicted molar refractivity (Wildman–Crippen MR) is 115 cm³/mol. The second-order valence-electron chi connectivity index (χ2n) is 8.84. The minimum Gasteiger partial charge on any atom is -0.0622 e. The molecular weight excluding hydrogens is 324 g/mol. The Morgan fingerprint density at radius 2 is 0.926 bits per heavy atom. The van der Waals surface area contributed by atoms with Crippen LogP contribution in [0.4, 0.5) is 0 Å². The maximum Gasteiger partial charge on any atom is 0.0479 e. The summed E-state index contributed by atoms with van der Waals surface area (Å²) >= 11 is 0. The molecule has 0 saturated heterocycles. The van der Waals surface area contributed by atoms with Crippen LogP contribution < -0.4 is 0 Å². The third kappa shape index (κ3) is 3.34. The Bertz CT molecular complexity index is 740. The zero-order valence-electron chi connectivity index (χ0n) is 16.6. The molecule has 0 unspecified atom stereocenters. The molecule has 1 saturated carbocycles. The zero-order chi connectivity index (χ0) is 18.7. The molecule has 0 aliphatic heterocycles. The van der Waals surface area contributed by atoms with Gasteiger partial charge in [0.25, 0.3) is 0 Å². The van der Waals surface area contributed by atoms with Gasteiger partial charge in [-0.15, -0.1) is 0 Å². The average Bonchev–Trinajstić information content (AvgIpc) is 2.72. The van der Waals surface area contributed by atoms with Gasteiger partial charge in [0.2, 0.25) is 0 Å². The van der Waals surface area contributed by atoms with Gasteiger partial charge < -0.3 is 0 Å². The van der Waals surface area contributed by atoms with Crippen LogP contribution in [0.1, 0.15) is 56.2 Å². The number of rotatable bonds is 4. The molecule has 0 heteroatoms. The molecule has 0 bridgehead atoms. The maximum absolute atomic E-state index is 2.43. The van der Waals surface area contributed by atoms with Crippen LogP contribution in [0.15, 0.2) is 91.0 Å². The molecule has 3 aromatic carbocycles. The molecule has 0 atom stereocenters. The summed E-state index contributed by atoms with van der Waals surface area (Å²) in [6.07, 6.45) is 5.13. The lowest BCUT2D eigenvalue weighted by molar-refractivity contribution is 0.158. The van der Waals surface area contributed by atoms with E-state index in [0.29, 0.717) is 11.3 Å². The molecule has 0 aromatic heterocycles. The van der Waals surface area contributed by atoms with Gasteiger partial charge >= 0.3 is 0 Å². The first-order valence-electron chi connectivity index (χ1n) is 10.3. The van der Waals surface area contributed by atoms with Crippen molar-refractivity contribution in [3.05, 3.63) is 108 Å². The van der Waals surface area contributed by atoms with Crippen LogP contribution in [-0.2, 0) is 5.41 Å². The lowest BCUT2D eigenvalue weighted by Gasteiger charge is -2.47. The van der Waals surface area contributed by atoms with Gasteiger partial charge in [-0.2, -0.15) is 0 Å². The molecule has 1 aliphatic rings. The Morgan fingerprint density at radius 1 is 0.593 bits per heavy atom. The summed E-state index contributed by atoms with van der Waals surface area (Å²) in [5, 5.41) is 0. The highest BCUT2D eigenvalue weighted by molar-refractivity contribution is 5.51. The quantitative estimate of drug-likeness (QED) is 0.433. The maximum atomic E-state index is 2.43. The topological polar surface area (TPSA) is 0 Å². The van der Waals surface area contributed by atoms with Crippen LogP contribution in [0.3, 0.4) is 0 Å². The van der Waals surface area contributed by atoms with Crippen molar-refractivity contribution in [1.29, 1.82) is 0 Å². The van der Waals surface area contributed by atoms with E-state index in [4.69, 9.17) is 0 Å². The minimum atomic E-state index is -0.0831. The molecule has 27 heavy (non-hydrogen) atoms. The third-order valence-corrected chi connectivity index (χ3v) is 6.64. The average molecular weight is 355 g/mol. The van der Waals surface area contributed by atoms with Crippen LogP contribution in [-0.4, -0.2) is 0 Å². The van der Waals surface area contributed by atoms with E-state index in [2.05, 4.69) is 105 Å². The predicted octanol–water partition coefficient (Wildman–Crippen LogP) is 7.24. The third-order valence-electron chi connectivity index (χ3n) is 6.64. The molecule has 138 valence electrons. The standard InChI is InChI=1S/C27H30/c1-26(2)20-18-25(19-21-26)27(22-12-6-3-7-13-22,23-14-8-4-9-15-23)24-16-10-5-11-17-24/h3-17,25H,18-21H2,1-2H3. The molecule has 0 N–H and O–H groups in total. The normalized spacial score (nSPS) is 17.6. The van der Waals surface area contributed by atoms with Gasteiger partial charge in [0.15, 0.2) is 0 Å². The van der Waals surface area contributed by atoms with E-state index in [0.717, 1.165) is 0 Å². The van der Waals surface area contributed by atoms with Crippen LogP contribution in [0.2, 0.25) is 0 Å². The summed E-state index contributed by atoms with van der Waals surface area (Å²) in [6.45, 7) is 4.86. The van der Waals surface area contributed by atoms with E-state index in [9.17, 15) is 0 Å². The minimum absolute atomic E-state index is 0.0831. The first kappa shape index (κ1) is 18.0. The van der Waals surface area contributed by atoms with Crippen molar-refractivity contribution >= 4 is 0 Å². The van der Waals surface area contributed by atoms with Gasteiger partial charge in [-0.3, -0.25) is 0 Å². The lowest BCUT2D eigenvalue weighted by Crippen LogP contribution is -2.41. The smallest absolute Gasteiger partial charge is 0.0479 e. The summed E-state index contributed by atoms with van der Waals surface area (Å²) < 4.78 is 0. The molecule has 1 aliphatic carbocycles. The molecule has 3 aromatic rings. The van der Waals surface area contributed by atoms with Crippen molar-refractivity contribution in [3.8, 4) is 0 Å². The highest BCUT2D eigenvalue weighted by Gasteiger charge is 2.45. The molecule has 0 nitrogen and oxygen atoms in total. The molecule has 1 fully saturated rings. The fourth-order valence-electron chi connectivity index (χ4n) is 5.14. The number of benzene rings is 3. The molecule has 0 radical (unpaired) electrons. The van der Waals surface area contributed by atoms with Crippen LogP contribution in [0, 0.1) is 11.3 Å². The highest BCUT2D eigenvalue weighted by atomic mass is 14.5. The van der Waals surface area contributed by atoms with Crippen molar-refractivity contribution in [3.63, 3.8) is 0 Å². The van der Waals surface area contributed by atoms with Crippen molar-refractivity contribution in [2.75, 3.05) is 0 Å². The van der Waals surface area contributed by atoms with E-state index in [1.165, 1.54) is 42.4 Å². The van der Waals surface area contributed by atoms with Gasteiger partial charge in [0.05, 0.1) is 0 Å². The van der Waals surface area contributed by atoms with Crippen LogP contribution in [0.5, 0.6) is 0 Å². The monoisotopic (exact) mass is 354 g/mol. The van der Waals surface area contributed by atoms with Crippen LogP contribution in [0.25, 0.3) is 0 Å². The zero-order valence-corrected chi connectivity index (χ0v) is 16.6. The van der Waals surface area contributed by atoms with E-state index in [1.807, 2.05) is 0 Å². The molecular formula is C27H30. The van der Waals surface area contributed by atoms with Crippen molar-refractivity contribution < 1.29 is 0 Å². The van der Waals surface area contributed by atoms with E-state index in [-0.39, 0.29) is 5.41 Å². The van der Waals surface area contributed by atoms with Gasteiger partial charge in [0, 0.05) is 5.41 Å². The van der Waals surface area contributed by atoms with E-state index < -0.39 is 0 Å². The lowest BCUT2D eigenvalue weighted by atomic mass is 9.56. The second kappa shape index (κ2) is 7.35. The van der Waals surface area contributed by atoms with Crippen LogP contribution >= 0.6 is 0 Å². The number of hydrogen-bond acceptors (Lipinski definition) is 0. The molecule has 0 spiro atoms. The molecule has 0 amide bonds. The van der Waals surface area contributed by atoms with E-state index in [1.54, 1.807) is 0 Å². The summed E-state index contributed by atoms with van der Waals surface area (Å²) in [5.74, 6) is 0.609. The fourth-order valence-corrected chi connectivity index (χ4v) is 5.14. The Kier molecular flexibility index (Phi) is 4.91.